The summed E-state index contributed by atoms with van der Waals surface area (Å²) in [5.74, 6) is 0. The lowest BCUT2D eigenvalue weighted by atomic mass is 10.0. The van der Waals surface area contributed by atoms with Crippen LogP contribution in [0.15, 0.2) is 91.0 Å². The van der Waals surface area contributed by atoms with E-state index in [1.54, 1.807) is 6.07 Å². The Labute approximate surface area is 157 Å². The van der Waals surface area contributed by atoms with Gasteiger partial charge in [-0.05, 0) is 59.7 Å². The van der Waals surface area contributed by atoms with Crippen LogP contribution in [0.5, 0.6) is 0 Å². The van der Waals surface area contributed by atoms with E-state index in [2.05, 4.69) is 71.3 Å². The maximum Gasteiger partial charge on any atom is 0.0541 e. The highest BCUT2D eigenvalue weighted by molar-refractivity contribution is 6.10. The number of fused-ring (bicyclic) bond motifs is 3. The normalized spacial score (nSPS) is 11.3. The number of hydrogen-bond donors (Lipinski definition) is 2. The zero-order valence-corrected chi connectivity index (χ0v) is 14.8. The number of para-hydroxylation sites is 2. The Morgan fingerprint density at radius 2 is 1.19 bits per heavy atom. The molecule has 1 aromatic heterocycles. The molecule has 0 saturated heterocycles. The number of aromatic nitrogens is 1. The molecule has 27 heavy (non-hydrogen) atoms. The Balaban J connectivity index is 1.83. The Kier molecular flexibility index (Phi) is 3.41. The van der Waals surface area contributed by atoms with E-state index in [1.165, 1.54) is 21.8 Å². The van der Waals surface area contributed by atoms with Crippen LogP contribution in [-0.2, 0) is 0 Å². The van der Waals surface area contributed by atoms with Gasteiger partial charge in [-0.3, -0.25) is 0 Å². The molecule has 1 heterocycles. The van der Waals surface area contributed by atoms with Gasteiger partial charge in [0, 0.05) is 27.8 Å². The second kappa shape index (κ2) is 5.92. The molecule has 0 bridgehead atoms. The van der Waals surface area contributed by atoms with Crippen LogP contribution in [0.2, 0.25) is 0 Å². The lowest BCUT2D eigenvalue weighted by Gasteiger charge is -2.08. The molecule has 3 heteroatoms. The molecule has 0 radical (unpaired) electrons. The second-order valence-corrected chi connectivity index (χ2v) is 6.81. The molecular formula is C24H19N3. The van der Waals surface area contributed by atoms with Crippen LogP contribution in [0.25, 0.3) is 38.6 Å². The monoisotopic (exact) mass is 349 g/mol. The van der Waals surface area contributed by atoms with Gasteiger partial charge in [0.1, 0.15) is 0 Å². The van der Waals surface area contributed by atoms with Crippen molar-refractivity contribution in [1.29, 1.82) is 0 Å². The summed E-state index contributed by atoms with van der Waals surface area (Å²) < 4.78 is 2.31. The number of nitrogens with zero attached hydrogens (tertiary/aromatic N) is 1. The van der Waals surface area contributed by atoms with E-state index in [4.69, 9.17) is 11.5 Å². The highest BCUT2D eigenvalue weighted by atomic mass is 15.0. The van der Waals surface area contributed by atoms with Crippen LogP contribution < -0.4 is 11.5 Å². The number of rotatable bonds is 2. The molecule has 0 aliphatic heterocycles. The van der Waals surface area contributed by atoms with E-state index < -0.39 is 0 Å². The molecule has 3 nitrogen and oxygen atoms in total. The molecule has 0 amide bonds. The van der Waals surface area contributed by atoms with Crippen molar-refractivity contribution in [2.45, 2.75) is 0 Å². The zero-order chi connectivity index (χ0) is 18.4. The summed E-state index contributed by atoms with van der Waals surface area (Å²) in [5, 5.41) is 2.45. The van der Waals surface area contributed by atoms with Crippen molar-refractivity contribution in [3.63, 3.8) is 0 Å². The molecule has 5 rings (SSSR count). The first-order chi connectivity index (χ1) is 13.2. The van der Waals surface area contributed by atoms with Gasteiger partial charge in [0.05, 0.1) is 11.0 Å². The molecule has 0 unspecified atom stereocenters. The van der Waals surface area contributed by atoms with E-state index in [9.17, 15) is 0 Å². The summed E-state index contributed by atoms with van der Waals surface area (Å²) in [7, 11) is 0. The predicted molar refractivity (Wildman–Crippen MR) is 115 cm³/mol. The summed E-state index contributed by atoms with van der Waals surface area (Å²) in [6, 6.07) is 31.2. The van der Waals surface area contributed by atoms with Crippen molar-refractivity contribution in [2.75, 3.05) is 11.5 Å². The summed E-state index contributed by atoms with van der Waals surface area (Å²) in [6.45, 7) is 0. The van der Waals surface area contributed by atoms with Crippen LogP contribution in [0.1, 0.15) is 0 Å². The van der Waals surface area contributed by atoms with Gasteiger partial charge in [-0.15, -0.1) is 0 Å². The highest BCUT2D eigenvalue weighted by Gasteiger charge is 2.13. The van der Waals surface area contributed by atoms with Crippen LogP contribution >= 0.6 is 0 Å². The van der Waals surface area contributed by atoms with Crippen molar-refractivity contribution in [3.05, 3.63) is 91.0 Å². The van der Waals surface area contributed by atoms with Crippen molar-refractivity contribution in [1.82, 2.24) is 4.57 Å². The van der Waals surface area contributed by atoms with E-state index in [-0.39, 0.29) is 0 Å². The molecule has 0 aliphatic carbocycles. The van der Waals surface area contributed by atoms with E-state index in [0.717, 1.165) is 16.8 Å². The second-order valence-electron chi connectivity index (χ2n) is 6.81. The first kappa shape index (κ1) is 15.5. The number of benzene rings is 4. The Bertz CT molecular complexity index is 1260. The first-order valence-electron chi connectivity index (χ1n) is 8.96. The minimum absolute atomic E-state index is 0.678. The largest absolute Gasteiger partial charge is 0.399 e. The molecular weight excluding hydrogens is 330 g/mol. The highest BCUT2D eigenvalue weighted by Crippen LogP contribution is 2.35. The maximum atomic E-state index is 6.00. The third-order valence-electron chi connectivity index (χ3n) is 5.00. The average molecular weight is 349 g/mol. The van der Waals surface area contributed by atoms with Crippen molar-refractivity contribution < 1.29 is 0 Å². The van der Waals surface area contributed by atoms with E-state index in [0.29, 0.717) is 11.4 Å². The first-order valence-corrected chi connectivity index (χ1v) is 8.96. The lowest BCUT2D eigenvalue weighted by molar-refractivity contribution is 1.18. The van der Waals surface area contributed by atoms with Gasteiger partial charge < -0.3 is 16.0 Å². The molecule has 4 N–H and O–H groups in total. The van der Waals surface area contributed by atoms with Crippen molar-refractivity contribution in [3.8, 4) is 16.8 Å². The Hall–Kier alpha value is -3.72. The number of hydrogen-bond acceptors (Lipinski definition) is 2. The molecule has 0 spiro atoms. The summed E-state index contributed by atoms with van der Waals surface area (Å²) in [6.07, 6.45) is 0. The number of anilines is 2. The van der Waals surface area contributed by atoms with Gasteiger partial charge >= 0.3 is 0 Å². The third-order valence-corrected chi connectivity index (χ3v) is 5.00. The predicted octanol–water partition coefficient (Wildman–Crippen LogP) is 5.62. The molecule has 0 saturated carbocycles. The smallest absolute Gasteiger partial charge is 0.0541 e. The van der Waals surface area contributed by atoms with Crippen LogP contribution in [0, 0.1) is 0 Å². The van der Waals surface area contributed by atoms with Crippen LogP contribution in [0.3, 0.4) is 0 Å². The SMILES string of the molecule is Nc1cc(N)cc(-c2ccc3c(c2)c2ccccc2n3-c2ccccc2)c1. The molecule has 4 aromatic carbocycles. The molecule has 5 aromatic rings. The van der Waals surface area contributed by atoms with Gasteiger partial charge in [-0.2, -0.15) is 0 Å². The minimum atomic E-state index is 0.678. The van der Waals surface area contributed by atoms with Gasteiger partial charge in [-0.1, -0.05) is 42.5 Å². The zero-order valence-electron chi connectivity index (χ0n) is 14.8. The average Bonchev–Trinajstić information content (AvgIpc) is 3.01. The Morgan fingerprint density at radius 1 is 0.519 bits per heavy atom. The van der Waals surface area contributed by atoms with Gasteiger partial charge in [0.25, 0.3) is 0 Å². The van der Waals surface area contributed by atoms with E-state index in [1.807, 2.05) is 18.2 Å². The molecule has 130 valence electrons. The van der Waals surface area contributed by atoms with Crippen molar-refractivity contribution in [2.24, 2.45) is 0 Å². The van der Waals surface area contributed by atoms with Crippen molar-refractivity contribution >= 4 is 33.2 Å². The fourth-order valence-corrected chi connectivity index (χ4v) is 3.85. The lowest BCUT2D eigenvalue weighted by Crippen LogP contribution is -1.93. The molecule has 0 aliphatic rings. The van der Waals surface area contributed by atoms with Crippen LogP contribution in [-0.4, -0.2) is 4.57 Å². The summed E-state index contributed by atoms with van der Waals surface area (Å²) in [5.41, 5.74) is 19.0. The van der Waals surface area contributed by atoms with Gasteiger partial charge in [0.15, 0.2) is 0 Å². The third kappa shape index (κ3) is 2.52. The summed E-state index contributed by atoms with van der Waals surface area (Å²) in [4.78, 5) is 0. The number of nitrogens with two attached hydrogens (primary N) is 2. The van der Waals surface area contributed by atoms with E-state index >= 15 is 0 Å². The maximum absolute atomic E-state index is 6.00. The minimum Gasteiger partial charge on any atom is -0.399 e. The Morgan fingerprint density at radius 3 is 1.96 bits per heavy atom. The van der Waals surface area contributed by atoms with Gasteiger partial charge in [-0.25, -0.2) is 0 Å². The summed E-state index contributed by atoms with van der Waals surface area (Å²) >= 11 is 0. The standard InChI is InChI=1S/C24H19N3/c25-18-12-17(13-19(26)15-18)16-10-11-24-22(14-16)21-8-4-5-9-23(21)27(24)20-6-2-1-3-7-20/h1-15H,25-26H2. The quantitative estimate of drug-likeness (QED) is 0.407. The van der Waals surface area contributed by atoms with Crippen LogP contribution in [0.4, 0.5) is 11.4 Å². The molecule has 0 fully saturated rings. The fourth-order valence-electron chi connectivity index (χ4n) is 3.85. The number of nitrogen functional groups attached to an aromatic ring is 2. The topological polar surface area (TPSA) is 57.0 Å². The van der Waals surface area contributed by atoms with Gasteiger partial charge in [0.2, 0.25) is 0 Å². The molecule has 0 atom stereocenters. The fraction of sp³-hybridized carbons (Fsp3) is 0.